The van der Waals surface area contributed by atoms with E-state index in [2.05, 4.69) is 34.4 Å². The van der Waals surface area contributed by atoms with E-state index < -0.39 is 0 Å². The van der Waals surface area contributed by atoms with Crippen molar-refractivity contribution < 1.29 is 0 Å². The Hall–Kier alpha value is -1.94. The molecule has 0 amide bonds. The van der Waals surface area contributed by atoms with Crippen LogP contribution in [0.1, 0.15) is 5.69 Å². The molecule has 0 aliphatic rings. The molecule has 0 radical (unpaired) electrons. The summed E-state index contributed by atoms with van der Waals surface area (Å²) in [5.41, 5.74) is 1.81. The summed E-state index contributed by atoms with van der Waals surface area (Å²) in [4.78, 5) is 13.3. The Morgan fingerprint density at radius 3 is 2.89 bits per heavy atom. The molecule has 19 heavy (non-hydrogen) atoms. The van der Waals surface area contributed by atoms with Gasteiger partial charge in [-0.1, -0.05) is 25.3 Å². The van der Waals surface area contributed by atoms with Gasteiger partial charge in [-0.05, 0) is 24.5 Å². The summed E-state index contributed by atoms with van der Waals surface area (Å²) in [6, 6.07) is 5.90. The van der Waals surface area contributed by atoms with Crippen molar-refractivity contribution in [2.24, 2.45) is 0 Å². The van der Waals surface area contributed by atoms with Gasteiger partial charge in [0, 0.05) is 17.2 Å². The number of nitrogens with zero attached hydrogens (tertiary/aromatic N) is 3. The van der Waals surface area contributed by atoms with Crippen molar-refractivity contribution in [1.29, 1.82) is 0 Å². The minimum atomic E-state index is 0.614. The summed E-state index contributed by atoms with van der Waals surface area (Å²) in [6.45, 7) is 7.57. The van der Waals surface area contributed by atoms with Crippen LogP contribution in [0.3, 0.4) is 0 Å². The molecule has 3 nitrogen and oxygen atoms in total. The van der Waals surface area contributed by atoms with Crippen LogP contribution in [0.4, 0.5) is 0 Å². The molecule has 0 spiro atoms. The van der Waals surface area contributed by atoms with Crippen LogP contribution in [0.5, 0.6) is 0 Å². The molecule has 0 saturated heterocycles. The minimum Gasteiger partial charge on any atom is -0.249 e. The van der Waals surface area contributed by atoms with E-state index >= 15 is 0 Å². The monoisotopic (exact) mass is 269 g/mol. The van der Waals surface area contributed by atoms with Gasteiger partial charge < -0.3 is 0 Å². The second kappa shape index (κ2) is 6.29. The van der Waals surface area contributed by atoms with Gasteiger partial charge in [-0.2, -0.15) is 11.8 Å². The predicted octanol–water partition coefficient (Wildman–Crippen LogP) is 1.78. The molecule has 96 valence electrons. The van der Waals surface area contributed by atoms with Crippen LogP contribution < -0.4 is 10.6 Å². The van der Waals surface area contributed by atoms with Gasteiger partial charge in [0.25, 0.3) is 0 Å². The number of rotatable bonds is 4. The molecule has 0 aliphatic heterocycles. The summed E-state index contributed by atoms with van der Waals surface area (Å²) >= 11 is 1.74. The first kappa shape index (κ1) is 13.5. The third-order valence-corrected chi connectivity index (χ3v) is 3.09. The zero-order valence-corrected chi connectivity index (χ0v) is 11.7. The van der Waals surface area contributed by atoms with Crippen molar-refractivity contribution >= 4 is 24.4 Å². The molecule has 0 unspecified atom stereocenters. The Morgan fingerprint density at radius 1 is 1.32 bits per heavy atom. The van der Waals surface area contributed by atoms with E-state index in [0.717, 1.165) is 27.7 Å². The van der Waals surface area contributed by atoms with Gasteiger partial charge in [0.05, 0.1) is 11.0 Å². The third kappa shape index (κ3) is 3.29. The van der Waals surface area contributed by atoms with Gasteiger partial charge in [-0.15, -0.1) is 0 Å². The van der Waals surface area contributed by atoms with Crippen molar-refractivity contribution in [2.75, 3.05) is 6.26 Å². The molecule has 0 aliphatic carbocycles. The summed E-state index contributed by atoms with van der Waals surface area (Å²) in [6.07, 6.45) is 7.28. The molecule has 0 aromatic carbocycles. The van der Waals surface area contributed by atoms with Crippen LogP contribution in [0, 0.1) is 0 Å². The lowest BCUT2D eigenvalue weighted by molar-refractivity contribution is 1.07. The average molecular weight is 269 g/mol. The lowest BCUT2D eigenvalue weighted by Crippen LogP contribution is -2.28. The van der Waals surface area contributed by atoms with Crippen molar-refractivity contribution in [1.82, 2.24) is 15.0 Å². The third-order valence-electron chi connectivity index (χ3n) is 2.50. The second-order valence-electron chi connectivity index (χ2n) is 3.95. The SMILES string of the molecule is C=C/C=c1/nc(-c2cccc(CSC)n2)ncc1=C. The largest absolute Gasteiger partial charge is 0.249 e. The molecule has 0 atom stereocenters. The first-order valence-corrected chi connectivity index (χ1v) is 7.24. The fourth-order valence-electron chi connectivity index (χ4n) is 1.63. The van der Waals surface area contributed by atoms with E-state index in [-0.39, 0.29) is 0 Å². The molecule has 4 heteroatoms. The summed E-state index contributed by atoms with van der Waals surface area (Å²) in [5, 5.41) is 1.56. The van der Waals surface area contributed by atoms with E-state index in [0.29, 0.717) is 5.82 Å². The minimum absolute atomic E-state index is 0.614. The first-order chi connectivity index (χ1) is 9.24. The zero-order valence-electron chi connectivity index (χ0n) is 10.8. The van der Waals surface area contributed by atoms with Crippen LogP contribution in [0.15, 0.2) is 37.1 Å². The Balaban J connectivity index is 2.50. The fraction of sp³-hybridized carbons (Fsp3) is 0.133. The molecule has 2 aromatic rings. The maximum Gasteiger partial charge on any atom is 0.178 e. The fourth-order valence-corrected chi connectivity index (χ4v) is 2.09. The Bertz CT molecular complexity index is 695. The van der Waals surface area contributed by atoms with E-state index in [1.54, 1.807) is 24.0 Å². The highest BCUT2D eigenvalue weighted by Gasteiger charge is 2.03. The molecule has 0 fully saturated rings. The van der Waals surface area contributed by atoms with Gasteiger partial charge in [-0.3, -0.25) is 0 Å². The highest BCUT2D eigenvalue weighted by atomic mass is 32.2. The van der Waals surface area contributed by atoms with E-state index in [1.807, 2.05) is 24.3 Å². The predicted molar refractivity (Wildman–Crippen MR) is 81.9 cm³/mol. The first-order valence-electron chi connectivity index (χ1n) is 5.84. The molecule has 2 aromatic heterocycles. The quantitative estimate of drug-likeness (QED) is 0.848. The smallest absolute Gasteiger partial charge is 0.178 e. The van der Waals surface area contributed by atoms with E-state index in [4.69, 9.17) is 0 Å². The lowest BCUT2D eigenvalue weighted by atomic mass is 10.3. The maximum absolute atomic E-state index is 4.56. The van der Waals surface area contributed by atoms with Gasteiger partial charge >= 0.3 is 0 Å². The van der Waals surface area contributed by atoms with Crippen molar-refractivity contribution in [2.45, 2.75) is 5.75 Å². The zero-order chi connectivity index (χ0) is 13.7. The van der Waals surface area contributed by atoms with E-state index in [9.17, 15) is 0 Å². The molecular formula is C15H15N3S. The van der Waals surface area contributed by atoms with Crippen LogP contribution in [0.2, 0.25) is 0 Å². The normalized spacial score (nSPS) is 11.5. The van der Waals surface area contributed by atoms with Crippen molar-refractivity contribution in [3.8, 4) is 11.5 Å². The van der Waals surface area contributed by atoms with Gasteiger partial charge in [-0.25, -0.2) is 15.0 Å². The number of allylic oxidation sites excluding steroid dienone is 1. The summed E-state index contributed by atoms with van der Waals surface area (Å²) in [7, 11) is 0. The van der Waals surface area contributed by atoms with Gasteiger partial charge in [0.2, 0.25) is 0 Å². The van der Waals surface area contributed by atoms with Crippen LogP contribution in [0.25, 0.3) is 24.2 Å². The molecule has 0 saturated carbocycles. The van der Waals surface area contributed by atoms with Crippen LogP contribution in [-0.4, -0.2) is 21.2 Å². The van der Waals surface area contributed by atoms with E-state index in [1.165, 1.54) is 0 Å². The number of aromatic nitrogens is 3. The molecule has 2 rings (SSSR count). The molecular weight excluding hydrogens is 254 g/mol. The second-order valence-corrected chi connectivity index (χ2v) is 4.82. The van der Waals surface area contributed by atoms with Crippen molar-refractivity contribution in [3.63, 3.8) is 0 Å². The average Bonchev–Trinajstić information content (AvgIpc) is 2.42. The summed E-state index contributed by atoms with van der Waals surface area (Å²) < 4.78 is 0. The maximum atomic E-state index is 4.56. The van der Waals surface area contributed by atoms with Crippen molar-refractivity contribution in [3.05, 3.63) is 53.3 Å². The lowest BCUT2D eigenvalue weighted by Gasteiger charge is -2.02. The van der Waals surface area contributed by atoms with Gasteiger partial charge in [0.15, 0.2) is 5.82 Å². The molecule has 2 heterocycles. The molecule has 0 bridgehead atoms. The number of thioether (sulfide) groups is 1. The Labute approximate surface area is 116 Å². The highest BCUT2D eigenvalue weighted by Crippen LogP contribution is 2.12. The van der Waals surface area contributed by atoms with Crippen LogP contribution >= 0.6 is 11.8 Å². The van der Waals surface area contributed by atoms with Crippen LogP contribution in [-0.2, 0) is 5.75 Å². The number of hydrogen-bond acceptors (Lipinski definition) is 4. The summed E-state index contributed by atoms with van der Waals surface area (Å²) in [5.74, 6) is 1.50. The number of hydrogen-bond donors (Lipinski definition) is 0. The molecule has 0 N–H and O–H groups in total. The standard InChI is InChI=1S/C15H15N3S/c1-4-6-13-11(2)9-16-15(18-13)14-8-5-7-12(17-14)10-19-3/h4-9H,1-2,10H2,3H3/b13-6+. The number of pyridine rings is 1. The Kier molecular flexibility index (Phi) is 4.47. The van der Waals surface area contributed by atoms with Gasteiger partial charge in [0.1, 0.15) is 5.69 Å². The highest BCUT2D eigenvalue weighted by molar-refractivity contribution is 7.97. The Morgan fingerprint density at radius 2 is 2.16 bits per heavy atom. The topological polar surface area (TPSA) is 38.7 Å².